The SMILES string of the molecule is CC1CCC(O)CC1N(C)CC1(C)CCC1. The molecule has 0 radical (unpaired) electrons. The molecule has 1 N–H and O–H groups in total. The van der Waals surface area contributed by atoms with Gasteiger partial charge in [-0.1, -0.05) is 20.3 Å². The Bertz CT molecular complexity index is 237. The first-order valence-electron chi connectivity index (χ1n) is 6.88. The van der Waals surface area contributed by atoms with Crippen molar-refractivity contribution in [3.05, 3.63) is 0 Å². The predicted octanol–water partition coefficient (Wildman–Crippen LogP) is 2.66. The maximum Gasteiger partial charge on any atom is 0.0555 e. The summed E-state index contributed by atoms with van der Waals surface area (Å²) in [5, 5.41) is 9.79. The van der Waals surface area contributed by atoms with Crippen LogP contribution in [0.15, 0.2) is 0 Å². The molecule has 2 saturated carbocycles. The van der Waals surface area contributed by atoms with E-state index in [1.165, 1.54) is 32.2 Å². The van der Waals surface area contributed by atoms with E-state index in [4.69, 9.17) is 0 Å². The van der Waals surface area contributed by atoms with Crippen molar-refractivity contribution in [1.29, 1.82) is 0 Å². The summed E-state index contributed by atoms with van der Waals surface area (Å²) < 4.78 is 0. The van der Waals surface area contributed by atoms with Gasteiger partial charge in [-0.25, -0.2) is 0 Å². The van der Waals surface area contributed by atoms with E-state index < -0.39 is 0 Å². The fourth-order valence-corrected chi connectivity index (χ4v) is 3.55. The highest BCUT2D eigenvalue weighted by molar-refractivity contribution is 4.90. The van der Waals surface area contributed by atoms with Gasteiger partial charge in [-0.15, -0.1) is 0 Å². The molecule has 2 nitrogen and oxygen atoms in total. The van der Waals surface area contributed by atoms with Gasteiger partial charge in [0.15, 0.2) is 0 Å². The molecular formula is C14H27NO. The number of hydrogen-bond acceptors (Lipinski definition) is 2. The molecule has 2 rings (SSSR count). The fourth-order valence-electron chi connectivity index (χ4n) is 3.55. The van der Waals surface area contributed by atoms with Gasteiger partial charge in [0.05, 0.1) is 6.10 Å². The van der Waals surface area contributed by atoms with Crippen molar-refractivity contribution >= 4 is 0 Å². The predicted molar refractivity (Wildman–Crippen MR) is 67.4 cm³/mol. The molecule has 0 aromatic carbocycles. The molecule has 0 bridgehead atoms. The van der Waals surface area contributed by atoms with Crippen molar-refractivity contribution in [3.8, 4) is 0 Å². The van der Waals surface area contributed by atoms with Crippen molar-refractivity contribution in [1.82, 2.24) is 4.90 Å². The maximum absolute atomic E-state index is 9.79. The lowest BCUT2D eigenvalue weighted by atomic mass is 9.69. The molecule has 3 unspecified atom stereocenters. The highest BCUT2D eigenvalue weighted by atomic mass is 16.3. The first-order valence-corrected chi connectivity index (χ1v) is 6.88. The third-order valence-corrected chi connectivity index (χ3v) is 4.88. The topological polar surface area (TPSA) is 23.5 Å². The van der Waals surface area contributed by atoms with Gasteiger partial charge in [-0.3, -0.25) is 0 Å². The molecule has 0 aliphatic heterocycles. The van der Waals surface area contributed by atoms with Crippen LogP contribution in [-0.4, -0.2) is 35.7 Å². The third-order valence-electron chi connectivity index (χ3n) is 4.88. The van der Waals surface area contributed by atoms with Crippen molar-refractivity contribution in [2.45, 2.75) is 64.5 Å². The fraction of sp³-hybridized carbons (Fsp3) is 1.00. The summed E-state index contributed by atoms with van der Waals surface area (Å²) in [6.45, 7) is 5.97. The molecule has 0 amide bonds. The van der Waals surface area contributed by atoms with Gasteiger partial charge in [0.25, 0.3) is 0 Å². The highest BCUT2D eigenvalue weighted by Gasteiger charge is 2.36. The number of aliphatic hydroxyl groups is 1. The van der Waals surface area contributed by atoms with E-state index in [0.29, 0.717) is 11.5 Å². The quantitative estimate of drug-likeness (QED) is 0.798. The van der Waals surface area contributed by atoms with Crippen LogP contribution in [0.2, 0.25) is 0 Å². The molecule has 0 heterocycles. The van der Waals surface area contributed by atoms with E-state index in [1.807, 2.05) is 0 Å². The number of rotatable bonds is 3. The Morgan fingerprint density at radius 3 is 2.56 bits per heavy atom. The van der Waals surface area contributed by atoms with Gasteiger partial charge in [0.1, 0.15) is 0 Å². The number of hydrogen-bond donors (Lipinski definition) is 1. The molecule has 2 heteroatoms. The van der Waals surface area contributed by atoms with E-state index >= 15 is 0 Å². The minimum atomic E-state index is -0.0575. The molecule has 0 aromatic rings. The van der Waals surface area contributed by atoms with Gasteiger partial charge in [0.2, 0.25) is 0 Å². The summed E-state index contributed by atoms with van der Waals surface area (Å²) in [7, 11) is 2.25. The van der Waals surface area contributed by atoms with E-state index in [-0.39, 0.29) is 6.10 Å². The van der Waals surface area contributed by atoms with E-state index in [2.05, 4.69) is 25.8 Å². The van der Waals surface area contributed by atoms with Crippen LogP contribution >= 0.6 is 0 Å². The van der Waals surface area contributed by atoms with Crippen LogP contribution in [-0.2, 0) is 0 Å². The second-order valence-electron chi connectivity index (χ2n) is 6.59. The minimum absolute atomic E-state index is 0.0575. The van der Waals surface area contributed by atoms with Crippen LogP contribution in [0.5, 0.6) is 0 Å². The van der Waals surface area contributed by atoms with Crippen LogP contribution < -0.4 is 0 Å². The third kappa shape index (κ3) is 2.60. The zero-order chi connectivity index (χ0) is 11.8. The molecule has 94 valence electrons. The molecule has 0 saturated heterocycles. The van der Waals surface area contributed by atoms with Gasteiger partial charge >= 0.3 is 0 Å². The van der Waals surface area contributed by atoms with Crippen LogP contribution in [0, 0.1) is 11.3 Å². The minimum Gasteiger partial charge on any atom is -0.393 e. The number of nitrogens with zero attached hydrogens (tertiary/aromatic N) is 1. The Labute approximate surface area is 100 Å². The van der Waals surface area contributed by atoms with Gasteiger partial charge in [-0.2, -0.15) is 0 Å². The maximum atomic E-state index is 9.79. The summed E-state index contributed by atoms with van der Waals surface area (Å²) in [5.41, 5.74) is 0.566. The molecule has 0 aromatic heterocycles. The zero-order valence-corrected chi connectivity index (χ0v) is 11.1. The van der Waals surface area contributed by atoms with Crippen LogP contribution in [0.25, 0.3) is 0 Å². The number of aliphatic hydroxyl groups excluding tert-OH is 1. The molecule has 2 aliphatic rings. The first kappa shape index (κ1) is 12.4. The lowest BCUT2D eigenvalue weighted by Gasteiger charge is -2.46. The summed E-state index contributed by atoms with van der Waals surface area (Å²) in [6, 6.07) is 0.598. The average Bonchev–Trinajstić information content (AvgIpc) is 2.19. The van der Waals surface area contributed by atoms with E-state index in [1.54, 1.807) is 0 Å². The second kappa shape index (κ2) is 4.66. The summed E-state index contributed by atoms with van der Waals surface area (Å²) in [4.78, 5) is 2.52. The molecule has 2 aliphatic carbocycles. The Kier molecular flexibility index (Phi) is 3.60. The standard InChI is InChI=1S/C14H27NO/c1-11-5-6-12(16)9-13(11)15(3)10-14(2)7-4-8-14/h11-13,16H,4-10H2,1-3H3. The van der Waals surface area contributed by atoms with Gasteiger partial charge in [-0.05, 0) is 50.5 Å². The van der Waals surface area contributed by atoms with Crippen LogP contribution in [0.3, 0.4) is 0 Å². The monoisotopic (exact) mass is 225 g/mol. The average molecular weight is 225 g/mol. The van der Waals surface area contributed by atoms with E-state index in [9.17, 15) is 5.11 Å². The Morgan fingerprint density at radius 1 is 1.31 bits per heavy atom. The summed E-state index contributed by atoms with van der Waals surface area (Å²) >= 11 is 0. The highest BCUT2D eigenvalue weighted by Crippen LogP contribution is 2.42. The lowest BCUT2D eigenvalue weighted by molar-refractivity contribution is 0.00942. The van der Waals surface area contributed by atoms with Crippen molar-refractivity contribution in [3.63, 3.8) is 0 Å². The Morgan fingerprint density at radius 2 is 2.00 bits per heavy atom. The molecular weight excluding hydrogens is 198 g/mol. The van der Waals surface area contributed by atoms with Gasteiger partial charge < -0.3 is 10.0 Å². The largest absolute Gasteiger partial charge is 0.393 e. The Balaban J connectivity index is 1.89. The zero-order valence-electron chi connectivity index (χ0n) is 11.1. The van der Waals surface area contributed by atoms with Crippen molar-refractivity contribution in [2.24, 2.45) is 11.3 Å². The lowest BCUT2D eigenvalue weighted by Crippen LogP contribution is -2.48. The van der Waals surface area contributed by atoms with Crippen LogP contribution in [0.4, 0.5) is 0 Å². The second-order valence-corrected chi connectivity index (χ2v) is 6.59. The van der Waals surface area contributed by atoms with Gasteiger partial charge in [0, 0.05) is 12.6 Å². The molecule has 2 fully saturated rings. The Hall–Kier alpha value is -0.0800. The van der Waals surface area contributed by atoms with Crippen LogP contribution in [0.1, 0.15) is 52.4 Å². The molecule has 0 spiro atoms. The van der Waals surface area contributed by atoms with Crippen molar-refractivity contribution in [2.75, 3.05) is 13.6 Å². The van der Waals surface area contributed by atoms with Crippen molar-refractivity contribution < 1.29 is 5.11 Å². The van der Waals surface area contributed by atoms with E-state index in [0.717, 1.165) is 18.8 Å². The summed E-state index contributed by atoms with van der Waals surface area (Å²) in [6.07, 6.45) is 7.30. The first-order chi connectivity index (χ1) is 7.50. The molecule has 3 atom stereocenters. The summed E-state index contributed by atoms with van der Waals surface area (Å²) in [5.74, 6) is 0.747. The smallest absolute Gasteiger partial charge is 0.0555 e. The normalized spacial score (nSPS) is 38.4. The molecule has 16 heavy (non-hydrogen) atoms.